The summed E-state index contributed by atoms with van der Waals surface area (Å²) in [5, 5.41) is 3.92. The monoisotopic (exact) mass is 224 g/mol. The van der Waals surface area contributed by atoms with Crippen LogP contribution in [0.3, 0.4) is 0 Å². The second-order valence-corrected chi connectivity index (χ2v) is 5.79. The van der Waals surface area contributed by atoms with Gasteiger partial charge in [-0.05, 0) is 45.8 Å². The zero-order chi connectivity index (χ0) is 11.2. The van der Waals surface area contributed by atoms with Gasteiger partial charge in [0, 0.05) is 12.1 Å². The van der Waals surface area contributed by atoms with Crippen LogP contribution >= 0.6 is 0 Å². The summed E-state index contributed by atoms with van der Waals surface area (Å²) in [6, 6.07) is 1.63. The molecule has 0 aromatic heterocycles. The van der Waals surface area contributed by atoms with Gasteiger partial charge < -0.3 is 10.2 Å². The van der Waals surface area contributed by atoms with Crippen molar-refractivity contribution >= 4 is 0 Å². The van der Waals surface area contributed by atoms with Crippen molar-refractivity contribution in [2.45, 2.75) is 69.9 Å². The molecule has 1 aliphatic carbocycles. The van der Waals surface area contributed by atoms with E-state index >= 15 is 0 Å². The number of nitrogens with one attached hydrogen (secondary N) is 1. The van der Waals surface area contributed by atoms with E-state index in [0.717, 1.165) is 12.1 Å². The van der Waals surface area contributed by atoms with Crippen molar-refractivity contribution in [2.75, 3.05) is 20.1 Å². The van der Waals surface area contributed by atoms with Crippen molar-refractivity contribution in [3.8, 4) is 0 Å². The van der Waals surface area contributed by atoms with E-state index in [4.69, 9.17) is 0 Å². The smallest absolute Gasteiger partial charge is 0.00939 e. The third kappa shape index (κ3) is 4.06. The highest BCUT2D eigenvalue weighted by Crippen LogP contribution is 2.19. The number of hydrogen-bond acceptors (Lipinski definition) is 2. The van der Waals surface area contributed by atoms with Gasteiger partial charge in [0.2, 0.25) is 0 Å². The molecule has 2 nitrogen and oxygen atoms in total. The van der Waals surface area contributed by atoms with Crippen LogP contribution in [-0.4, -0.2) is 37.1 Å². The Hall–Kier alpha value is -0.0800. The van der Waals surface area contributed by atoms with Crippen LogP contribution in [0.2, 0.25) is 0 Å². The van der Waals surface area contributed by atoms with Crippen LogP contribution in [0.15, 0.2) is 0 Å². The van der Waals surface area contributed by atoms with Gasteiger partial charge in [0.1, 0.15) is 0 Å². The van der Waals surface area contributed by atoms with E-state index in [1.54, 1.807) is 0 Å². The van der Waals surface area contributed by atoms with Crippen molar-refractivity contribution in [1.29, 1.82) is 0 Å². The molecule has 2 aliphatic rings. The fraction of sp³-hybridized carbons (Fsp3) is 1.00. The van der Waals surface area contributed by atoms with Crippen molar-refractivity contribution in [3.63, 3.8) is 0 Å². The predicted octanol–water partition coefficient (Wildman–Crippen LogP) is 2.78. The average molecular weight is 224 g/mol. The third-order valence-corrected chi connectivity index (χ3v) is 4.30. The summed E-state index contributed by atoms with van der Waals surface area (Å²) in [5.74, 6) is 0. The Morgan fingerprint density at radius 1 is 0.750 bits per heavy atom. The highest BCUT2D eigenvalue weighted by atomic mass is 15.1. The Morgan fingerprint density at radius 2 is 1.25 bits per heavy atom. The highest BCUT2D eigenvalue weighted by Gasteiger charge is 2.20. The first-order chi connectivity index (χ1) is 7.84. The molecule has 0 atom stereocenters. The molecule has 0 aromatic carbocycles. The predicted molar refractivity (Wildman–Crippen MR) is 69.8 cm³/mol. The van der Waals surface area contributed by atoms with Gasteiger partial charge in [-0.15, -0.1) is 0 Å². The minimum Gasteiger partial charge on any atom is -0.311 e. The number of hydrogen-bond donors (Lipinski definition) is 1. The van der Waals surface area contributed by atoms with E-state index in [1.165, 1.54) is 70.9 Å². The largest absolute Gasteiger partial charge is 0.311 e. The molecule has 1 N–H and O–H groups in total. The molecule has 1 saturated carbocycles. The molecule has 2 rings (SSSR count). The van der Waals surface area contributed by atoms with Crippen LogP contribution in [-0.2, 0) is 0 Å². The topological polar surface area (TPSA) is 15.3 Å². The Balaban J connectivity index is 1.70. The number of likely N-dealkylation sites (tertiary alicyclic amines) is 1. The Labute approximate surface area is 101 Å². The second-order valence-electron chi connectivity index (χ2n) is 5.79. The van der Waals surface area contributed by atoms with Crippen LogP contribution in [0.1, 0.15) is 57.8 Å². The maximum atomic E-state index is 3.92. The van der Waals surface area contributed by atoms with Crippen LogP contribution in [0, 0.1) is 0 Å². The van der Waals surface area contributed by atoms with E-state index in [2.05, 4.69) is 17.3 Å². The van der Waals surface area contributed by atoms with Crippen molar-refractivity contribution < 1.29 is 0 Å². The lowest BCUT2D eigenvalue weighted by Crippen LogP contribution is -2.45. The fourth-order valence-electron chi connectivity index (χ4n) is 3.13. The van der Waals surface area contributed by atoms with Crippen molar-refractivity contribution in [2.24, 2.45) is 0 Å². The van der Waals surface area contributed by atoms with E-state index in [1.807, 2.05) is 0 Å². The SMILES string of the molecule is CN1CCC(NC2CCCCCCC2)CC1. The minimum atomic E-state index is 0.806. The van der Waals surface area contributed by atoms with Gasteiger partial charge in [-0.2, -0.15) is 0 Å². The van der Waals surface area contributed by atoms with E-state index < -0.39 is 0 Å². The average Bonchev–Trinajstić information content (AvgIpc) is 2.25. The molecule has 2 heteroatoms. The summed E-state index contributed by atoms with van der Waals surface area (Å²) in [4.78, 5) is 2.45. The van der Waals surface area contributed by atoms with E-state index in [0.29, 0.717) is 0 Å². The first-order valence-corrected chi connectivity index (χ1v) is 7.29. The van der Waals surface area contributed by atoms with Crippen LogP contribution < -0.4 is 5.32 Å². The maximum absolute atomic E-state index is 3.92. The molecule has 0 aromatic rings. The summed E-state index contributed by atoms with van der Waals surface area (Å²) < 4.78 is 0. The summed E-state index contributed by atoms with van der Waals surface area (Å²) >= 11 is 0. The summed E-state index contributed by atoms with van der Waals surface area (Å²) in [7, 11) is 2.24. The lowest BCUT2D eigenvalue weighted by molar-refractivity contribution is 0.216. The van der Waals surface area contributed by atoms with Crippen molar-refractivity contribution in [1.82, 2.24) is 10.2 Å². The summed E-state index contributed by atoms with van der Waals surface area (Å²) in [6.45, 7) is 2.56. The van der Waals surface area contributed by atoms with Gasteiger partial charge in [-0.3, -0.25) is 0 Å². The van der Waals surface area contributed by atoms with E-state index in [9.17, 15) is 0 Å². The molecule has 1 aliphatic heterocycles. The minimum absolute atomic E-state index is 0.806. The van der Waals surface area contributed by atoms with E-state index in [-0.39, 0.29) is 0 Å². The summed E-state index contributed by atoms with van der Waals surface area (Å²) in [5.41, 5.74) is 0. The summed E-state index contributed by atoms with van der Waals surface area (Å²) in [6.07, 6.45) is 12.9. The lowest BCUT2D eigenvalue weighted by atomic mass is 9.95. The molecule has 16 heavy (non-hydrogen) atoms. The Morgan fingerprint density at radius 3 is 1.88 bits per heavy atom. The zero-order valence-corrected chi connectivity index (χ0v) is 10.9. The normalized spacial score (nSPS) is 27.6. The van der Waals surface area contributed by atoms with Gasteiger partial charge >= 0.3 is 0 Å². The fourth-order valence-corrected chi connectivity index (χ4v) is 3.13. The molecule has 0 spiro atoms. The number of piperidine rings is 1. The molecular weight excluding hydrogens is 196 g/mol. The highest BCUT2D eigenvalue weighted by molar-refractivity contribution is 4.80. The van der Waals surface area contributed by atoms with Gasteiger partial charge in [-0.25, -0.2) is 0 Å². The zero-order valence-electron chi connectivity index (χ0n) is 10.9. The molecule has 1 heterocycles. The van der Waals surface area contributed by atoms with Gasteiger partial charge in [-0.1, -0.05) is 32.1 Å². The molecule has 2 fully saturated rings. The lowest BCUT2D eigenvalue weighted by Gasteiger charge is -2.33. The molecular formula is C14H28N2. The van der Waals surface area contributed by atoms with Gasteiger partial charge in [0.15, 0.2) is 0 Å². The molecule has 0 amide bonds. The number of nitrogens with zero attached hydrogens (tertiary/aromatic N) is 1. The molecule has 1 saturated heterocycles. The van der Waals surface area contributed by atoms with Crippen LogP contribution in [0.4, 0.5) is 0 Å². The Kier molecular flexibility index (Phi) is 5.11. The number of rotatable bonds is 2. The van der Waals surface area contributed by atoms with Crippen molar-refractivity contribution in [3.05, 3.63) is 0 Å². The standard InChI is InChI=1S/C14H28N2/c1-16-11-9-14(10-12-16)15-13-7-5-3-2-4-6-8-13/h13-15H,2-12H2,1H3. The van der Waals surface area contributed by atoms with Gasteiger partial charge in [0.05, 0.1) is 0 Å². The van der Waals surface area contributed by atoms with Crippen LogP contribution in [0.25, 0.3) is 0 Å². The van der Waals surface area contributed by atoms with Crippen LogP contribution in [0.5, 0.6) is 0 Å². The molecule has 0 bridgehead atoms. The Bertz CT molecular complexity index is 177. The molecule has 0 radical (unpaired) electrons. The third-order valence-electron chi connectivity index (χ3n) is 4.30. The molecule has 0 unspecified atom stereocenters. The first kappa shape index (κ1) is 12.4. The quantitative estimate of drug-likeness (QED) is 0.776. The maximum Gasteiger partial charge on any atom is 0.00939 e. The molecule has 94 valence electrons. The van der Waals surface area contributed by atoms with Gasteiger partial charge in [0.25, 0.3) is 0 Å². The second kappa shape index (κ2) is 6.61. The first-order valence-electron chi connectivity index (χ1n) is 7.29.